The summed E-state index contributed by atoms with van der Waals surface area (Å²) in [5, 5.41) is 2.88. The van der Waals surface area contributed by atoms with E-state index in [1.165, 1.54) is 0 Å². The fraction of sp³-hybridized carbons (Fsp3) is 0.438. The second-order valence-electron chi connectivity index (χ2n) is 6.09. The van der Waals surface area contributed by atoms with E-state index in [0.717, 1.165) is 11.9 Å². The number of amides is 2. The van der Waals surface area contributed by atoms with Crippen molar-refractivity contribution in [3.63, 3.8) is 0 Å². The average molecular weight is 333 g/mol. The van der Waals surface area contributed by atoms with E-state index >= 15 is 0 Å². The van der Waals surface area contributed by atoms with Gasteiger partial charge < -0.3 is 19.6 Å². The Hall–Kier alpha value is -2.15. The minimum atomic E-state index is -0.460. The van der Waals surface area contributed by atoms with Crippen LogP contribution in [0.1, 0.15) is 26.7 Å². The molecule has 7 heteroatoms. The number of nitrogens with one attached hydrogen (secondary N) is 2. The molecule has 1 atom stereocenters. The zero-order chi connectivity index (χ0) is 16.6. The van der Waals surface area contributed by atoms with Crippen molar-refractivity contribution in [2.45, 2.75) is 32.7 Å². The molecule has 1 saturated heterocycles. The van der Waals surface area contributed by atoms with Gasteiger partial charge in [0.2, 0.25) is 11.8 Å². The van der Waals surface area contributed by atoms with Crippen molar-refractivity contribution in [3.05, 3.63) is 23.0 Å². The number of H-pyrrole nitrogens is 1. The molecule has 2 amide bonds. The van der Waals surface area contributed by atoms with Crippen molar-refractivity contribution in [2.75, 3.05) is 11.9 Å². The van der Waals surface area contributed by atoms with Crippen LogP contribution >= 0.6 is 12.2 Å². The first-order valence-corrected chi connectivity index (χ1v) is 8.10. The molecular weight excluding hydrogens is 314 g/mol. The number of anilines is 1. The summed E-state index contributed by atoms with van der Waals surface area (Å²) in [6.07, 6.45) is 1.33. The molecule has 0 aliphatic carbocycles. The Morgan fingerprint density at radius 2 is 2.22 bits per heavy atom. The lowest BCUT2D eigenvalue weighted by atomic mass is 10.0. The first kappa shape index (κ1) is 15.7. The number of hydrogen-bond acceptors (Lipinski definition) is 4. The Bertz CT molecular complexity index is 808. The number of oxazole rings is 1. The summed E-state index contributed by atoms with van der Waals surface area (Å²) < 4.78 is 5.36. The molecular formula is C16H19N3O3S. The zero-order valence-electron chi connectivity index (χ0n) is 13.1. The summed E-state index contributed by atoms with van der Waals surface area (Å²) in [6, 6.07) is 4.85. The third-order valence-corrected chi connectivity index (χ3v) is 4.22. The monoisotopic (exact) mass is 333 g/mol. The summed E-state index contributed by atoms with van der Waals surface area (Å²) in [6.45, 7) is 4.54. The summed E-state index contributed by atoms with van der Waals surface area (Å²) >= 11 is 4.95. The van der Waals surface area contributed by atoms with E-state index in [2.05, 4.69) is 10.3 Å². The Kier molecular flexibility index (Phi) is 4.21. The van der Waals surface area contributed by atoms with Crippen LogP contribution in [0.3, 0.4) is 0 Å². The highest BCUT2D eigenvalue weighted by Crippen LogP contribution is 2.22. The lowest BCUT2D eigenvalue weighted by Gasteiger charge is -2.29. The Morgan fingerprint density at radius 3 is 2.87 bits per heavy atom. The molecule has 6 nitrogen and oxygen atoms in total. The van der Waals surface area contributed by atoms with E-state index < -0.39 is 6.04 Å². The molecule has 23 heavy (non-hydrogen) atoms. The number of aromatic amines is 1. The van der Waals surface area contributed by atoms with Gasteiger partial charge in [0.05, 0.1) is 5.52 Å². The van der Waals surface area contributed by atoms with Crippen LogP contribution < -0.4 is 5.32 Å². The maximum absolute atomic E-state index is 12.7. The predicted molar refractivity (Wildman–Crippen MR) is 89.6 cm³/mol. The highest BCUT2D eigenvalue weighted by molar-refractivity contribution is 7.71. The fourth-order valence-electron chi connectivity index (χ4n) is 3.01. The van der Waals surface area contributed by atoms with Gasteiger partial charge in [-0.15, -0.1) is 0 Å². The average Bonchev–Trinajstić information content (AvgIpc) is 3.03. The van der Waals surface area contributed by atoms with Crippen LogP contribution in [0.25, 0.3) is 11.1 Å². The highest BCUT2D eigenvalue weighted by Gasteiger charge is 2.34. The summed E-state index contributed by atoms with van der Waals surface area (Å²) in [5.41, 5.74) is 1.99. The van der Waals surface area contributed by atoms with Crippen LogP contribution in [0.4, 0.5) is 5.69 Å². The quantitative estimate of drug-likeness (QED) is 0.843. The van der Waals surface area contributed by atoms with Gasteiger partial charge in [-0.05, 0) is 36.7 Å². The molecule has 122 valence electrons. The molecule has 2 aromatic rings. The largest absolute Gasteiger partial charge is 0.429 e. The van der Waals surface area contributed by atoms with Gasteiger partial charge in [-0.2, -0.15) is 0 Å². The summed E-state index contributed by atoms with van der Waals surface area (Å²) in [5.74, 6) is -0.0913. The van der Waals surface area contributed by atoms with Crippen LogP contribution in [0.15, 0.2) is 22.6 Å². The molecule has 0 radical (unpaired) electrons. The van der Waals surface area contributed by atoms with E-state index in [0.29, 0.717) is 29.1 Å². The van der Waals surface area contributed by atoms with Crippen molar-refractivity contribution in [1.82, 2.24) is 9.88 Å². The summed E-state index contributed by atoms with van der Waals surface area (Å²) in [7, 11) is 0. The maximum Gasteiger partial charge on any atom is 0.266 e. The number of carbonyl (C=O) groups excluding carboxylic acids is 2. The third-order valence-electron chi connectivity index (χ3n) is 4.03. The van der Waals surface area contributed by atoms with Crippen LogP contribution in [-0.2, 0) is 9.59 Å². The van der Waals surface area contributed by atoms with Crippen molar-refractivity contribution in [1.29, 1.82) is 0 Å². The van der Waals surface area contributed by atoms with Crippen molar-refractivity contribution < 1.29 is 14.0 Å². The van der Waals surface area contributed by atoms with Crippen molar-refractivity contribution in [3.8, 4) is 0 Å². The van der Waals surface area contributed by atoms with Crippen LogP contribution in [-0.4, -0.2) is 34.3 Å². The minimum Gasteiger partial charge on any atom is -0.429 e. The van der Waals surface area contributed by atoms with Gasteiger partial charge in [0.15, 0.2) is 5.58 Å². The predicted octanol–water partition coefficient (Wildman–Crippen LogP) is 3.08. The van der Waals surface area contributed by atoms with Crippen molar-refractivity contribution >= 4 is 40.8 Å². The molecule has 1 aliphatic rings. The molecule has 1 aliphatic heterocycles. The van der Waals surface area contributed by atoms with Gasteiger partial charge in [-0.25, -0.2) is 0 Å². The number of nitrogens with zero attached hydrogens (tertiary/aromatic N) is 1. The Morgan fingerprint density at radius 1 is 1.43 bits per heavy atom. The standard InChI is InChI=1S/C16H19N3O3S/c1-9(2)14(19-7-3-4-13(19)20)15(21)17-10-5-6-11-12(8-10)22-16(23)18-11/h5-6,8-9,14H,3-4,7H2,1-2H3,(H,17,21)(H,18,23). The SMILES string of the molecule is CC(C)C(C(=O)Nc1ccc2[nH]c(=S)oc2c1)N1CCCC1=O. The van der Waals surface area contributed by atoms with Crippen LogP contribution in [0.2, 0.25) is 0 Å². The normalized spacial score (nSPS) is 16.3. The second kappa shape index (κ2) is 6.16. The van der Waals surface area contributed by atoms with Gasteiger partial charge in [0.25, 0.3) is 4.84 Å². The van der Waals surface area contributed by atoms with Gasteiger partial charge in [0, 0.05) is 24.7 Å². The molecule has 1 aromatic heterocycles. The molecule has 0 bridgehead atoms. The Balaban J connectivity index is 1.82. The van der Waals surface area contributed by atoms with Gasteiger partial charge in [0.1, 0.15) is 6.04 Å². The first-order chi connectivity index (χ1) is 11.0. The van der Waals surface area contributed by atoms with Gasteiger partial charge in [-0.3, -0.25) is 9.59 Å². The van der Waals surface area contributed by atoms with E-state index in [-0.39, 0.29) is 17.7 Å². The van der Waals surface area contributed by atoms with Crippen LogP contribution in [0.5, 0.6) is 0 Å². The third kappa shape index (κ3) is 3.14. The number of rotatable bonds is 4. The topological polar surface area (TPSA) is 78.3 Å². The molecule has 2 heterocycles. The van der Waals surface area contributed by atoms with Gasteiger partial charge >= 0.3 is 0 Å². The molecule has 0 saturated carbocycles. The molecule has 0 spiro atoms. The number of carbonyl (C=O) groups is 2. The zero-order valence-corrected chi connectivity index (χ0v) is 13.9. The lowest BCUT2D eigenvalue weighted by Crippen LogP contribution is -2.47. The van der Waals surface area contributed by atoms with Crippen molar-refractivity contribution in [2.24, 2.45) is 5.92 Å². The number of hydrogen-bond donors (Lipinski definition) is 2. The molecule has 3 rings (SSSR count). The fourth-order valence-corrected chi connectivity index (χ4v) is 3.21. The maximum atomic E-state index is 12.7. The van der Waals surface area contributed by atoms with E-state index in [1.54, 1.807) is 23.1 Å². The summed E-state index contributed by atoms with van der Waals surface area (Å²) in [4.78, 5) is 29.5. The highest BCUT2D eigenvalue weighted by atomic mass is 32.1. The molecule has 1 fully saturated rings. The number of aromatic nitrogens is 1. The van der Waals surface area contributed by atoms with E-state index in [1.807, 2.05) is 13.8 Å². The first-order valence-electron chi connectivity index (χ1n) is 7.69. The molecule has 1 aromatic carbocycles. The number of fused-ring (bicyclic) bond motifs is 1. The number of likely N-dealkylation sites (tertiary alicyclic amines) is 1. The Labute approximate surface area is 138 Å². The minimum absolute atomic E-state index is 0.0389. The smallest absolute Gasteiger partial charge is 0.266 e. The van der Waals surface area contributed by atoms with Crippen LogP contribution in [0, 0.1) is 10.8 Å². The van der Waals surface area contributed by atoms with Gasteiger partial charge in [-0.1, -0.05) is 13.8 Å². The van der Waals surface area contributed by atoms with E-state index in [4.69, 9.17) is 16.6 Å². The number of benzene rings is 1. The molecule has 2 N–H and O–H groups in total. The lowest BCUT2D eigenvalue weighted by molar-refractivity contribution is -0.136. The molecule has 1 unspecified atom stereocenters. The van der Waals surface area contributed by atoms with E-state index in [9.17, 15) is 9.59 Å². The second-order valence-corrected chi connectivity index (χ2v) is 6.47.